The minimum Gasteiger partial charge on any atom is -0.435 e. The molecule has 0 saturated heterocycles. The van der Waals surface area contributed by atoms with E-state index >= 15 is 0 Å². The van der Waals surface area contributed by atoms with E-state index < -0.39 is 36.9 Å². The highest BCUT2D eigenvalue weighted by Gasteiger charge is 2.26. The van der Waals surface area contributed by atoms with E-state index in [9.17, 15) is 27.3 Å². The Morgan fingerprint density at radius 3 is 2.42 bits per heavy atom. The van der Waals surface area contributed by atoms with Gasteiger partial charge in [0.2, 0.25) is 0 Å². The van der Waals surface area contributed by atoms with Gasteiger partial charge in [-0.15, -0.1) is 0 Å². The average molecular weight is 316 g/mol. The molecule has 0 radical (unpaired) electrons. The van der Waals surface area contributed by atoms with E-state index in [2.05, 4.69) is 4.74 Å². The molecular formula is C9H8ClF2NO5S. The molecule has 0 bridgehead atoms. The summed E-state index contributed by atoms with van der Waals surface area (Å²) in [6.07, 6.45) is -0.00739. The van der Waals surface area contributed by atoms with E-state index in [0.717, 1.165) is 12.1 Å². The van der Waals surface area contributed by atoms with Crippen molar-refractivity contribution in [1.29, 1.82) is 0 Å². The van der Waals surface area contributed by atoms with Crippen LogP contribution in [0, 0.1) is 10.1 Å². The van der Waals surface area contributed by atoms with Gasteiger partial charge in [-0.1, -0.05) is 6.92 Å². The van der Waals surface area contributed by atoms with Crippen LogP contribution in [0.2, 0.25) is 0 Å². The normalized spacial score (nSPS) is 11.6. The molecule has 0 atom stereocenters. The summed E-state index contributed by atoms with van der Waals surface area (Å²) in [7, 11) is 0.817. The molecule has 0 fully saturated rings. The average Bonchev–Trinajstić information content (AvgIpc) is 2.25. The summed E-state index contributed by atoms with van der Waals surface area (Å²) in [6, 6.07) is 1.47. The Balaban J connectivity index is 3.59. The fraction of sp³-hybridized carbons (Fsp3) is 0.333. The van der Waals surface area contributed by atoms with Crippen molar-refractivity contribution < 1.29 is 26.9 Å². The van der Waals surface area contributed by atoms with Crippen molar-refractivity contribution in [2.24, 2.45) is 0 Å². The van der Waals surface area contributed by atoms with E-state index in [4.69, 9.17) is 10.7 Å². The van der Waals surface area contributed by atoms with Crippen LogP contribution in [0.15, 0.2) is 17.0 Å². The van der Waals surface area contributed by atoms with Crippen LogP contribution >= 0.6 is 10.7 Å². The van der Waals surface area contributed by atoms with Gasteiger partial charge in [-0.2, -0.15) is 8.78 Å². The second-order valence-corrected chi connectivity index (χ2v) is 5.88. The van der Waals surface area contributed by atoms with Gasteiger partial charge in [0, 0.05) is 22.3 Å². The number of nitrogens with zero attached hydrogens (tertiary/aromatic N) is 1. The van der Waals surface area contributed by atoms with Crippen molar-refractivity contribution >= 4 is 25.4 Å². The molecule has 10 heteroatoms. The zero-order valence-electron chi connectivity index (χ0n) is 9.47. The lowest BCUT2D eigenvalue weighted by Gasteiger charge is -2.10. The lowest BCUT2D eigenvalue weighted by atomic mass is 10.1. The van der Waals surface area contributed by atoms with Gasteiger partial charge in [0.15, 0.2) is 0 Å². The van der Waals surface area contributed by atoms with Crippen molar-refractivity contribution in [2.75, 3.05) is 0 Å². The largest absolute Gasteiger partial charge is 0.435 e. The molecule has 0 aliphatic carbocycles. The molecule has 1 rings (SSSR count). The first-order valence-electron chi connectivity index (χ1n) is 4.87. The van der Waals surface area contributed by atoms with E-state index in [-0.39, 0.29) is 12.0 Å². The van der Waals surface area contributed by atoms with Gasteiger partial charge >= 0.3 is 6.61 Å². The van der Waals surface area contributed by atoms with Gasteiger partial charge in [0.05, 0.1) is 15.9 Å². The minimum absolute atomic E-state index is 0.00739. The summed E-state index contributed by atoms with van der Waals surface area (Å²) >= 11 is 0. The Hall–Kier alpha value is -1.48. The Labute approximate surface area is 111 Å². The highest BCUT2D eigenvalue weighted by molar-refractivity contribution is 8.13. The van der Waals surface area contributed by atoms with Crippen molar-refractivity contribution in [3.63, 3.8) is 0 Å². The third kappa shape index (κ3) is 3.74. The maximum absolute atomic E-state index is 12.1. The fourth-order valence-corrected chi connectivity index (χ4v) is 2.73. The summed E-state index contributed by atoms with van der Waals surface area (Å²) in [5.74, 6) is -0.641. The van der Waals surface area contributed by atoms with Crippen molar-refractivity contribution in [2.45, 2.75) is 24.9 Å². The predicted molar refractivity (Wildman–Crippen MR) is 62.1 cm³/mol. The van der Waals surface area contributed by atoms with Crippen molar-refractivity contribution in [1.82, 2.24) is 0 Å². The van der Waals surface area contributed by atoms with E-state index in [0.29, 0.717) is 0 Å². The van der Waals surface area contributed by atoms with Crippen LogP contribution in [-0.4, -0.2) is 20.0 Å². The minimum atomic E-state index is -4.32. The molecule has 0 aliphatic rings. The van der Waals surface area contributed by atoms with Crippen LogP contribution in [0.25, 0.3) is 0 Å². The quantitative estimate of drug-likeness (QED) is 0.473. The monoisotopic (exact) mass is 315 g/mol. The van der Waals surface area contributed by atoms with Crippen LogP contribution in [0.1, 0.15) is 12.5 Å². The first-order chi connectivity index (χ1) is 8.66. The summed E-state index contributed by atoms with van der Waals surface area (Å²) in [6.45, 7) is -1.76. The maximum atomic E-state index is 12.1. The SMILES string of the molecule is CCc1c([N+](=O)[O-])cc(OC(F)F)cc1S(=O)(=O)Cl. The molecule has 0 aromatic heterocycles. The number of alkyl halides is 2. The molecule has 0 amide bonds. The van der Waals surface area contributed by atoms with Crippen LogP contribution in [0.5, 0.6) is 5.75 Å². The molecule has 6 nitrogen and oxygen atoms in total. The van der Waals surface area contributed by atoms with Gasteiger partial charge in [0.1, 0.15) is 5.75 Å². The van der Waals surface area contributed by atoms with Crippen LogP contribution < -0.4 is 4.74 Å². The summed E-state index contributed by atoms with van der Waals surface area (Å²) in [5.41, 5.74) is -0.804. The zero-order valence-corrected chi connectivity index (χ0v) is 11.0. The zero-order chi connectivity index (χ0) is 14.8. The number of hydrogen-bond acceptors (Lipinski definition) is 5. The second-order valence-electron chi connectivity index (χ2n) is 3.35. The van der Waals surface area contributed by atoms with E-state index in [1.54, 1.807) is 0 Å². The van der Waals surface area contributed by atoms with E-state index in [1.165, 1.54) is 6.92 Å². The van der Waals surface area contributed by atoms with Gasteiger partial charge in [-0.05, 0) is 6.42 Å². The lowest BCUT2D eigenvalue weighted by Crippen LogP contribution is -2.07. The first-order valence-corrected chi connectivity index (χ1v) is 7.18. The Morgan fingerprint density at radius 2 is 2.05 bits per heavy atom. The van der Waals surface area contributed by atoms with Crippen LogP contribution in [-0.2, 0) is 15.5 Å². The molecule has 1 aromatic rings. The Bertz CT molecular complexity index is 605. The molecule has 0 saturated carbocycles. The number of nitro groups is 1. The van der Waals surface area contributed by atoms with Crippen molar-refractivity contribution in [3.05, 3.63) is 27.8 Å². The summed E-state index contributed by atoms with van der Waals surface area (Å²) in [4.78, 5) is 9.33. The smallest absolute Gasteiger partial charge is 0.387 e. The summed E-state index contributed by atoms with van der Waals surface area (Å²) < 4.78 is 50.8. The number of nitro benzene ring substituents is 1. The third-order valence-electron chi connectivity index (χ3n) is 2.20. The predicted octanol–water partition coefficient (Wildman–Crippen LogP) is 2.69. The number of halogens is 3. The third-order valence-corrected chi connectivity index (χ3v) is 3.59. The van der Waals surface area contributed by atoms with Crippen LogP contribution in [0.3, 0.4) is 0 Å². The highest BCUT2D eigenvalue weighted by atomic mass is 35.7. The van der Waals surface area contributed by atoms with Crippen LogP contribution in [0.4, 0.5) is 14.5 Å². The number of rotatable bonds is 5. The number of ether oxygens (including phenoxy) is 1. The highest BCUT2D eigenvalue weighted by Crippen LogP contribution is 2.34. The number of benzene rings is 1. The Kier molecular flexibility index (Phi) is 4.64. The Morgan fingerprint density at radius 1 is 1.47 bits per heavy atom. The number of hydrogen-bond donors (Lipinski definition) is 0. The second kappa shape index (κ2) is 5.66. The summed E-state index contributed by atoms with van der Waals surface area (Å²) in [5, 5.41) is 10.8. The topological polar surface area (TPSA) is 86.5 Å². The molecule has 0 aliphatic heterocycles. The molecule has 106 valence electrons. The molecular weight excluding hydrogens is 308 g/mol. The molecule has 0 heterocycles. The fourth-order valence-electron chi connectivity index (χ4n) is 1.51. The van der Waals surface area contributed by atoms with Gasteiger partial charge < -0.3 is 4.74 Å². The molecule has 19 heavy (non-hydrogen) atoms. The maximum Gasteiger partial charge on any atom is 0.387 e. The molecule has 0 N–H and O–H groups in total. The first kappa shape index (κ1) is 15.6. The molecule has 1 aromatic carbocycles. The van der Waals surface area contributed by atoms with Gasteiger partial charge in [0.25, 0.3) is 14.7 Å². The van der Waals surface area contributed by atoms with Crippen molar-refractivity contribution in [3.8, 4) is 5.75 Å². The van der Waals surface area contributed by atoms with Gasteiger partial charge in [-0.25, -0.2) is 8.42 Å². The van der Waals surface area contributed by atoms with E-state index in [1.807, 2.05) is 0 Å². The van der Waals surface area contributed by atoms with Gasteiger partial charge in [-0.3, -0.25) is 10.1 Å². The standard InChI is InChI=1S/C9H8ClF2NO5S/c1-2-6-7(13(14)15)3-5(18-9(11)12)4-8(6)19(10,16)17/h3-4,9H,2H2,1H3. The molecule has 0 spiro atoms. The molecule has 0 unspecified atom stereocenters. The lowest BCUT2D eigenvalue weighted by molar-refractivity contribution is -0.385.